The highest BCUT2D eigenvalue weighted by molar-refractivity contribution is 6.31. The van der Waals surface area contributed by atoms with E-state index in [9.17, 15) is 4.79 Å². The van der Waals surface area contributed by atoms with Crippen LogP contribution in [0.4, 0.5) is 0 Å². The molecule has 2 aromatic rings. The van der Waals surface area contributed by atoms with Gasteiger partial charge >= 0.3 is 5.97 Å². The zero-order valence-electron chi connectivity index (χ0n) is 10.4. The fourth-order valence-electron chi connectivity index (χ4n) is 1.81. The molecular weight excluding hydrogens is 266 g/mol. The minimum Gasteiger partial charge on any atom is -0.478 e. The Morgan fingerprint density at radius 2 is 2.16 bits per heavy atom. The van der Waals surface area contributed by atoms with Crippen molar-refractivity contribution in [1.29, 1.82) is 0 Å². The van der Waals surface area contributed by atoms with Gasteiger partial charge in [-0.25, -0.2) is 4.79 Å². The lowest BCUT2D eigenvalue weighted by Crippen LogP contribution is -2.17. The number of nitrogens with one attached hydrogen (secondary N) is 1. The van der Waals surface area contributed by atoms with Crippen LogP contribution in [0.3, 0.4) is 0 Å². The smallest absolute Gasteiger partial charge is 0.339 e. The van der Waals surface area contributed by atoms with Crippen molar-refractivity contribution >= 4 is 17.6 Å². The van der Waals surface area contributed by atoms with E-state index >= 15 is 0 Å². The number of carbonyl (C=O) groups is 1. The number of halogens is 1. The molecule has 0 amide bonds. The van der Waals surface area contributed by atoms with Crippen molar-refractivity contribution in [2.75, 3.05) is 0 Å². The topological polar surface area (TPSA) is 67.2 Å². The second-order valence-corrected chi connectivity index (χ2v) is 4.54. The molecule has 100 valence electrons. The predicted molar refractivity (Wildman–Crippen MR) is 72.2 cm³/mol. The van der Waals surface area contributed by atoms with Crippen LogP contribution >= 0.6 is 11.6 Å². The van der Waals surface area contributed by atoms with E-state index < -0.39 is 5.97 Å². The summed E-state index contributed by atoms with van der Waals surface area (Å²) in [6.07, 6.45) is 1.36. The normalized spacial score (nSPS) is 10.6. The third-order valence-corrected chi connectivity index (χ3v) is 3.23. The molecule has 2 rings (SSSR count). The third kappa shape index (κ3) is 3.13. The summed E-state index contributed by atoms with van der Waals surface area (Å²) in [4.78, 5) is 11.0. The number of carboxylic acids is 1. The number of nitrogens with zero attached hydrogens (tertiary/aromatic N) is 2. The molecule has 5 nitrogen and oxygen atoms in total. The Hall–Kier alpha value is -1.85. The van der Waals surface area contributed by atoms with E-state index in [-0.39, 0.29) is 5.56 Å². The number of carboxylic acid groups (broad SMARTS) is 1. The van der Waals surface area contributed by atoms with Gasteiger partial charge in [-0.2, -0.15) is 5.10 Å². The van der Waals surface area contributed by atoms with Gasteiger partial charge in [0.05, 0.1) is 11.9 Å². The van der Waals surface area contributed by atoms with E-state index in [1.807, 2.05) is 24.3 Å². The number of aromatic carboxylic acids is 1. The van der Waals surface area contributed by atoms with E-state index in [0.29, 0.717) is 23.8 Å². The van der Waals surface area contributed by atoms with Gasteiger partial charge in [0.1, 0.15) is 5.56 Å². The molecule has 1 heterocycles. The lowest BCUT2D eigenvalue weighted by Gasteiger charge is -2.08. The first-order valence-corrected chi connectivity index (χ1v) is 6.15. The van der Waals surface area contributed by atoms with Crippen LogP contribution in [0.2, 0.25) is 5.02 Å². The van der Waals surface area contributed by atoms with Gasteiger partial charge in [-0.05, 0) is 11.6 Å². The predicted octanol–water partition coefficient (Wildman–Crippen LogP) is 2.06. The van der Waals surface area contributed by atoms with Crippen molar-refractivity contribution in [3.05, 3.63) is 52.3 Å². The SMILES string of the molecule is Cn1ncc(C(=O)O)c1CNCc1ccccc1Cl. The van der Waals surface area contributed by atoms with Crippen molar-refractivity contribution < 1.29 is 9.90 Å². The van der Waals surface area contributed by atoms with Crippen molar-refractivity contribution in [2.45, 2.75) is 13.1 Å². The van der Waals surface area contributed by atoms with E-state index in [1.165, 1.54) is 6.20 Å². The molecule has 6 heteroatoms. The number of benzene rings is 1. The van der Waals surface area contributed by atoms with Crippen LogP contribution in [0.1, 0.15) is 21.6 Å². The molecule has 0 radical (unpaired) electrons. The molecule has 0 aliphatic carbocycles. The van der Waals surface area contributed by atoms with Crippen LogP contribution in [-0.2, 0) is 20.1 Å². The number of hydrogen-bond acceptors (Lipinski definition) is 3. The average molecular weight is 280 g/mol. The molecule has 0 atom stereocenters. The summed E-state index contributed by atoms with van der Waals surface area (Å²) in [5.41, 5.74) is 1.83. The van der Waals surface area contributed by atoms with Crippen molar-refractivity contribution in [2.24, 2.45) is 7.05 Å². The van der Waals surface area contributed by atoms with Crippen LogP contribution in [-0.4, -0.2) is 20.9 Å². The zero-order chi connectivity index (χ0) is 13.8. The number of hydrogen-bond donors (Lipinski definition) is 2. The average Bonchev–Trinajstić information content (AvgIpc) is 2.74. The van der Waals surface area contributed by atoms with Gasteiger partial charge in [-0.15, -0.1) is 0 Å². The molecule has 0 unspecified atom stereocenters. The molecule has 2 N–H and O–H groups in total. The molecule has 0 fully saturated rings. The van der Waals surface area contributed by atoms with Crippen LogP contribution < -0.4 is 5.32 Å². The molecule has 0 bridgehead atoms. The first-order valence-electron chi connectivity index (χ1n) is 5.78. The quantitative estimate of drug-likeness (QED) is 0.879. The summed E-state index contributed by atoms with van der Waals surface area (Å²) in [6, 6.07) is 7.53. The van der Waals surface area contributed by atoms with Crippen molar-refractivity contribution in [3.8, 4) is 0 Å². The zero-order valence-corrected chi connectivity index (χ0v) is 11.2. The van der Waals surface area contributed by atoms with E-state index in [0.717, 1.165) is 5.56 Å². The molecular formula is C13H14ClN3O2. The van der Waals surface area contributed by atoms with E-state index in [4.69, 9.17) is 16.7 Å². The third-order valence-electron chi connectivity index (χ3n) is 2.86. The highest BCUT2D eigenvalue weighted by Gasteiger charge is 2.14. The Bertz CT molecular complexity index is 595. The van der Waals surface area contributed by atoms with Gasteiger partial charge < -0.3 is 10.4 Å². The fourth-order valence-corrected chi connectivity index (χ4v) is 2.01. The fraction of sp³-hybridized carbons (Fsp3) is 0.231. The van der Waals surface area contributed by atoms with E-state index in [1.54, 1.807) is 11.7 Å². The number of aryl methyl sites for hydroxylation is 1. The summed E-state index contributed by atoms with van der Waals surface area (Å²) >= 11 is 6.05. The Balaban J connectivity index is 2.02. The molecule has 0 aliphatic rings. The van der Waals surface area contributed by atoms with Gasteiger partial charge in [0.15, 0.2) is 0 Å². The van der Waals surface area contributed by atoms with Crippen molar-refractivity contribution in [1.82, 2.24) is 15.1 Å². The second-order valence-electron chi connectivity index (χ2n) is 4.13. The summed E-state index contributed by atoms with van der Waals surface area (Å²) in [5.74, 6) is -0.970. The van der Waals surface area contributed by atoms with Gasteiger partial charge in [0, 0.05) is 25.2 Å². The van der Waals surface area contributed by atoms with Gasteiger partial charge in [0.25, 0.3) is 0 Å². The lowest BCUT2D eigenvalue weighted by molar-refractivity contribution is 0.0695. The number of aromatic nitrogens is 2. The highest BCUT2D eigenvalue weighted by atomic mass is 35.5. The second kappa shape index (κ2) is 5.86. The maximum absolute atomic E-state index is 11.0. The highest BCUT2D eigenvalue weighted by Crippen LogP contribution is 2.15. The van der Waals surface area contributed by atoms with Gasteiger partial charge in [0.2, 0.25) is 0 Å². The van der Waals surface area contributed by atoms with E-state index in [2.05, 4.69) is 10.4 Å². The molecule has 19 heavy (non-hydrogen) atoms. The lowest BCUT2D eigenvalue weighted by atomic mass is 10.2. The summed E-state index contributed by atoms with van der Waals surface area (Å²) in [7, 11) is 1.72. The molecule has 0 aliphatic heterocycles. The van der Waals surface area contributed by atoms with Crippen LogP contribution in [0.25, 0.3) is 0 Å². The maximum Gasteiger partial charge on any atom is 0.339 e. The first kappa shape index (κ1) is 13.6. The number of rotatable bonds is 5. The summed E-state index contributed by atoms with van der Waals surface area (Å²) in [5, 5.41) is 16.9. The Labute approximate surface area is 115 Å². The molecule has 1 aromatic carbocycles. The van der Waals surface area contributed by atoms with Crippen molar-refractivity contribution in [3.63, 3.8) is 0 Å². The minimum atomic E-state index is -0.970. The molecule has 0 saturated heterocycles. The van der Waals surface area contributed by atoms with Gasteiger partial charge in [-0.3, -0.25) is 4.68 Å². The maximum atomic E-state index is 11.0. The molecule has 0 saturated carbocycles. The molecule has 0 spiro atoms. The Morgan fingerprint density at radius 3 is 2.84 bits per heavy atom. The van der Waals surface area contributed by atoms with Crippen LogP contribution in [0, 0.1) is 0 Å². The van der Waals surface area contributed by atoms with Gasteiger partial charge in [-0.1, -0.05) is 29.8 Å². The van der Waals surface area contributed by atoms with Crippen LogP contribution in [0.5, 0.6) is 0 Å². The monoisotopic (exact) mass is 279 g/mol. The minimum absolute atomic E-state index is 0.217. The first-order chi connectivity index (χ1) is 9.09. The summed E-state index contributed by atoms with van der Waals surface area (Å²) in [6.45, 7) is 0.993. The standard InChI is InChI=1S/C13H14ClN3O2/c1-17-12(10(7-16-17)13(18)19)8-15-6-9-4-2-3-5-11(9)14/h2-5,7,15H,6,8H2,1H3,(H,18,19). The summed E-state index contributed by atoms with van der Waals surface area (Å²) < 4.78 is 1.56. The van der Waals surface area contributed by atoms with Crippen LogP contribution in [0.15, 0.2) is 30.5 Å². The molecule has 1 aromatic heterocycles. The largest absolute Gasteiger partial charge is 0.478 e. The Kier molecular flexibility index (Phi) is 4.19. The Morgan fingerprint density at radius 1 is 1.42 bits per heavy atom.